The van der Waals surface area contributed by atoms with Crippen LogP contribution in [0, 0.1) is 11.2 Å². The van der Waals surface area contributed by atoms with Gasteiger partial charge in [-0.2, -0.15) is 0 Å². The van der Waals surface area contributed by atoms with E-state index in [2.05, 4.69) is 16.0 Å². The second-order valence-electron chi connectivity index (χ2n) is 11.8. The minimum Gasteiger partial charge on any atom is -0.495 e. The minimum atomic E-state index is -1.28. The third-order valence-corrected chi connectivity index (χ3v) is 8.44. The molecule has 4 N–H and O–H groups in total. The Morgan fingerprint density at radius 1 is 1.10 bits per heavy atom. The van der Waals surface area contributed by atoms with Crippen LogP contribution in [0.25, 0.3) is 0 Å². The van der Waals surface area contributed by atoms with E-state index >= 15 is 0 Å². The predicted molar refractivity (Wildman–Crippen MR) is 159 cm³/mol. The van der Waals surface area contributed by atoms with Crippen molar-refractivity contribution in [2.75, 3.05) is 17.7 Å². The van der Waals surface area contributed by atoms with Gasteiger partial charge in [0.15, 0.2) is 0 Å². The van der Waals surface area contributed by atoms with Gasteiger partial charge in [-0.3, -0.25) is 9.59 Å². The van der Waals surface area contributed by atoms with Crippen molar-refractivity contribution < 1.29 is 28.6 Å². The van der Waals surface area contributed by atoms with Crippen molar-refractivity contribution in [2.45, 2.75) is 50.6 Å². The van der Waals surface area contributed by atoms with Gasteiger partial charge >= 0.3 is 5.97 Å². The normalized spacial score (nSPS) is 23.0. The maximum absolute atomic E-state index is 14.4. The minimum absolute atomic E-state index is 0.00948. The van der Waals surface area contributed by atoms with Crippen LogP contribution in [0.3, 0.4) is 0 Å². The van der Waals surface area contributed by atoms with E-state index in [0.717, 1.165) is 0 Å². The highest BCUT2D eigenvalue weighted by Gasteiger charge is 2.65. The molecular formula is C31H30Cl2FN3O5. The van der Waals surface area contributed by atoms with Crippen LogP contribution in [-0.4, -0.2) is 42.1 Å². The molecule has 2 amide bonds. The van der Waals surface area contributed by atoms with Crippen molar-refractivity contribution in [3.63, 3.8) is 0 Å². The van der Waals surface area contributed by atoms with Crippen molar-refractivity contribution in [1.82, 2.24) is 5.32 Å². The summed E-state index contributed by atoms with van der Waals surface area (Å²) in [6.45, 7) is 6.14. The standard InChI is InChI=1S/C31H30Cl2FN3O5/c1-30(2,3)14-24-31(18-8-7-17(32)13-22(18)36-29(31)41)25(15-5-9-20(34)19(33)11-15)26(37-24)27(38)35-21-10-6-16(28(39)40)12-23(21)42-4/h5-13,24-26,37H,14H2,1-4H3,(H,35,38)(H,36,41)(H,39,40)/t24-,25-,26+,31+/m0/s1. The lowest BCUT2D eigenvalue weighted by molar-refractivity contribution is -0.122. The second kappa shape index (κ2) is 10.9. The molecule has 1 spiro atoms. The number of hydrogen-bond donors (Lipinski definition) is 4. The predicted octanol–water partition coefficient (Wildman–Crippen LogP) is 6.23. The Hall–Kier alpha value is -3.66. The van der Waals surface area contributed by atoms with Crippen LogP contribution in [0.15, 0.2) is 54.6 Å². The fourth-order valence-corrected chi connectivity index (χ4v) is 6.63. The maximum atomic E-state index is 14.4. The van der Waals surface area contributed by atoms with E-state index in [1.54, 1.807) is 24.3 Å². The molecule has 0 unspecified atom stereocenters. The SMILES string of the molecule is COc1cc(C(=O)O)ccc1NC(=O)[C@@H]1N[C@@H](CC(C)(C)C)[C@@]2(C(=O)Nc3cc(Cl)ccc32)[C@H]1c1ccc(F)c(Cl)c1. The molecule has 11 heteroatoms. The highest BCUT2D eigenvalue weighted by molar-refractivity contribution is 6.31. The number of carboxylic acids is 1. The number of benzene rings is 3. The fraction of sp³-hybridized carbons (Fsp3) is 0.323. The average Bonchev–Trinajstić information content (AvgIpc) is 3.39. The summed E-state index contributed by atoms with van der Waals surface area (Å²) in [6.07, 6.45) is 0.508. The quantitative estimate of drug-likeness (QED) is 0.262. The fourth-order valence-electron chi connectivity index (χ4n) is 6.27. The lowest BCUT2D eigenvalue weighted by Gasteiger charge is -2.37. The van der Waals surface area contributed by atoms with Crippen molar-refractivity contribution in [3.8, 4) is 5.75 Å². The summed E-state index contributed by atoms with van der Waals surface area (Å²) in [5.74, 6) is -3.25. The Bertz CT molecular complexity index is 1610. The van der Waals surface area contributed by atoms with E-state index in [0.29, 0.717) is 28.3 Å². The van der Waals surface area contributed by atoms with Crippen molar-refractivity contribution >= 4 is 52.4 Å². The number of carbonyl (C=O) groups excluding carboxylic acids is 2. The van der Waals surface area contributed by atoms with Crippen LogP contribution in [0.2, 0.25) is 10.0 Å². The van der Waals surface area contributed by atoms with Gasteiger partial charge in [0.05, 0.1) is 29.4 Å². The molecule has 3 aromatic carbocycles. The number of amides is 2. The summed E-state index contributed by atoms with van der Waals surface area (Å²) in [5.41, 5.74) is 0.407. The van der Waals surface area contributed by atoms with E-state index in [1.807, 2.05) is 20.8 Å². The molecule has 0 bridgehead atoms. The van der Waals surface area contributed by atoms with Crippen molar-refractivity contribution in [3.05, 3.63) is 87.2 Å². The molecule has 0 radical (unpaired) electrons. The Morgan fingerprint density at radius 3 is 2.48 bits per heavy atom. The first kappa shape index (κ1) is 29.8. The lowest BCUT2D eigenvalue weighted by atomic mass is 9.62. The average molecular weight is 615 g/mol. The van der Waals surface area contributed by atoms with E-state index in [1.165, 1.54) is 37.4 Å². The summed E-state index contributed by atoms with van der Waals surface area (Å²) in [4.78, 5) is 39.8. The molecule has 4 atom stereocenters. The molecule has 2 aliphatic rings. The van der Waals surface area contributed by atoms with Crippen molar-refractivity contribution in [2.24, 2.45) is 5.41 Å². The Balaban J connectivity index is 1.69. The number of nitrogens with one attached hydrogen (secondary N) is 3. The number of halogens is 3. The third-order valence-electron chi connectivity index (χ3n) is 7.91. The van der Waals surface area contributed by atoms with Crippen LogP contribution in [0.4, 0.5) is 15.8 Å². The third kappa shape index (κ3) is 5.10. The number of carbonyl (C=O) groups is 3. The smallest absolute Gasteiger partial charge is 0.335 e. The van der Waals surface area contributed by atoms with Gasteiger partial charge < -0.3 is 25.8 Å². The summed E-state index contributed by atoms with van der Waals surface area (Å²) < 4.78 is 19.7. The first-order valence-corrected chi connectivity index (χ1v) is 14.1. The first-order valence-electron chi connectivity index (χ1n) is 13.3. The molecule has 0 aliphatic carbocycles. The highest BCUT2D eigenvalue weighted by Crippen LogP contribution is 2.57. The largest absolute Gasteiger partial charge is 0.495 e. The maximum Gasteiger partial charge on any atom is 0.335 e. The number of rotatable bonds is 6. The van der Waals surface area contributed by atoms with E-state index in [-0.39, 0.29) is 33.3 Å². The molecule has 1 saturated heterocycles. The molecule has 2 aliphatic heterocycles. The van der Waals surface area contributed by atoms with E-state index in [9.17, 15) is 23.9 Å². The molecule has 220 valence electrons. The van der Waals surface area contributed by atoms with Gasteiger partial charge in [0.25, 0.3) is 0 Å². The van der Waals surface area contributed by atoms with Gasteiger partial charge in [0, 0.05) is 22.7 Å². The Kier molecular flexibility index (Phi) is 7.72. The highest BCUT2D eigenvalue weighted by atomic mass is 35.5. The van der Waals surface area contributed by atoms with Crippen molar-refractivity contribution in [1.29, 1.82) is 0 Å². The van der Waals surface area contributed by atoms with Crippen LogP contribution in [0.5, 0.6) is 5.75 Å². The first-order chi connectivity index (χ1) is 19.8. The molecule has 42 heavy (non-hydrogen) atoms. The van der Waals surface area contributed by atoms with E-state index in [4.69, 9.17) is 27.9 Å². The number of fused-ring (bicyclic) bond motifs is 2. The van der Waals surface area contributed by atoms with Gasteiger partial charge in [-0.05, 0) is 65.4 Å². The van der Waals surface area contributed by atoms with Crippen LogP contribution >= 0.6 is 23.2 Å². The van der Waals surface area contributed by atoms with E-state index < -0.39 is 41.1 Å². The zero-order chi connectivity index (χ0) is 30.6. The number of methoxy groups -OCH3 is 1. The van der Waals surface area contributed by atoms with Gasteiger partial charge in [-0.25, -0.2) is 9.18 Å². The van der Waals surface area contributed by atoms with Gasteiger partial charge in [-0.15, -0.1) is 0 Å². The Morgan fingerprint density at radius 2 is 1.83 bits per heavy atom. The second-order valence-corrected chi connectivity index (χ2v) is 12.7. The van der Waals surface area contributed by atoms with Crippen LogP contribution in [-0.2, 0) is 15.0 Å². The molecule has 2 heterocycles. The van der Waals surface area contributed by atoms with Crippen LogP contribution in [0.1, 0.15) is 54.6 Å². The molecule has 5 rings (SSSR count). The summed E-state index contributed by atoms with van der Waals surface area (Å²) in [7, 11) is 1.37. The van der Waals surface area contributed by atoms with Crippen LogP contribution < -0.4 is 20.7 Å². The number of carboxylic acid groups (broad SMARTS) is 1. The van der Waals surface area contributed by atoms with Gasteiger partial charge in [0.1, 0.15) is 17.0 Å². The molecule has 1 fully saturated rings. The number of aromatic carboxylic acids is 1. The number of ether oxygens (including phenoxy) is 1. The number of hydrogen-bond acceptors (Lipinski definition) is 5. The van der Waals surface area contributed by atoms with Gasteiger partial charge in [0.2, 0.25) is 11.8 Å². The topological polar surface area (TPSA) is 117 Å². The zero-order valence-corrected chi connectivity index (χ0v) is 24.9. The summed E-state index contributed by atoms with van der Waals surface area (Å²) >= 11 is 12.5. The molecule has 8 nitrogen and oxygen atoms in total. The summed E-state index contributed by atoms with van der Waals surface area (Å²) in [5, 5.41) is 19.0. The monoisotopic (exact) mass is 613 g/mol. The zero-order valence-electron chi connectivity index (χ0n) is 23.3. The van der Waals surface area contributed by atoms with Gasteiger partial charge in [-0.1, -0.05) is 56.1 Å². The lowest BCUT2D eigenvalue weighted by Crippen LogP contribution is -2.49. The number of anilines is 2. The molecule has 0 saturated carbocycles. The molecular weight excluding hydrogens is 584 g/mol. The Labute approximate surface area is 252 Å². The molecule has 0 aromatic heterocycles. The molecule has 3 aromatic rings. The summed E-state index contributed by atoms with van der Waals surface area (Å²) in [6, 6.07) is 12.0.